The van der Waals surface area contributed by atoms with Crippen LogP contribution in [0.15, 0.2) is 44.4 Å². The zero-order chi connectivity index (χ0) is 15.1. The van der Waals surface area contributed by atoms with E-state index in [-0.39, 0.29) is 0 Å². The molecule has 3 nitrogen and oxygen atoms in total. The van der Waals surface area contributed by atoms with E-state index < -0.39 is 0 Å². The number of nitrogens with zero attached hydrogens (tertiary/aromatic N) is 3. The normalized spacial score (nSPS) is 18.5. The number of hydrogen-bond acceptors (Lipinski definition) is 5. The Morgan fingerprint density at radius 2 is 1.95 bits per heavy atom. The minimum Gasteiger partial charge on any atom is -0.353 e. The summed E-state index contributed by atoms with van der Waals surface area (Å²) < 4.78 is 0. The van der Waals surface area contributed by atoms with Crippen LogP contribution in [-0.2, 0) is 0 Å². The van der Waals surface area contributed by atoms with Gasteiger partial charge in [0, 0.05) is 31.1 Å². The Hall–Kier alpha value is -1.01. The Labute approximate surface area is 143 Å². The highest BCUT2D eigenvalue weighted by Gasteiger charge is 2.26. The van der Waals surface area contributed by atoms with Crippen LogP contribution in [0.1, 0.15) is 4.88 Å². The number of hydrogen-bond donors (Lipinski definition) is 0. The highest BCUT2D eigenvalue weighted by molar-refractivity contribution is 7.99. The molecule has 2 aliphatic heterocycles. The fourth-order valence-corrected chi connectivity index (χ4v) is 5.10. The first-order valence-electron chi connectivity index (χ1n) is 7.29. The van der Waals surface area contributed by atoms with E-state index in [0.29, 0.717) is 0 Å². The number of thiophene rings is 1. The fourth-order valence-electron chi connectivity index (χ4n) is 2.73. The lowest BCUT2D eigenvalue weighted by molar-refractivity contribution is 0.216. The van der Waals surface area contributed by atoms with Crippen molar-refractivity contribution in [3.05, 3.63) is 39.5 Å². The third-order valence-electron chi connectivity index (χ3n) is 4.02. The van der Waals surface area contributed by atoms with Crippen LogP contribution in [0.4, 0.5) is 5.69 Å². The maximum Gasteiger partial charge on any atom is 0.147 e. The van der Waals surface area contributed by atoms with Gasteiger partial charge in [-0.1, -0.05) is 29.4 Å². The van der Waals surface area contributed by atoms with E-state index in [0.717, 1.165) is 47.6 Å². The van der Waals surface area contributed by atoms with E-state index >= 15 is 0 Å². The average molecular weight is 350 g/mol. The first-order chi connectivity index (χ1) is 10.7. The van der Waals surface area contributed by atoms with Gasteiger partial charge in [0.15, 0.2) is 0 Å². The average Bonchev–Trinajstić information content (AvgIpc) is 2.91. The van der Waals surface area contributed by atoms with Gasteiger partial charge >= 0.3 is 0 Å². The Bertz CT molecular complexity index is 733. The zero-order valence-corrected chi connectivity index (χ0v) is 14.6. The van der Waals surface area contributed by atoms with Gasteiger partial charge in [-0.2, -0.15) is 0 Å². The molecule has 1 aromatic heterocycles. The molecular formula is C16H16ClN3S2. The number of halogens is 1. The Morgan fingerprint density at radius 1 is 1.14 bits per heavy atom. The zero-order valence-electron chi connectivity index (χ0n) is 12.3. The summed E-state index contributed by atoms with van der Waals surface area (Å²) in [6.45, 7) is 4.20. The molecule has 2 aromatic rings. The summed E-state index contributed by atoms with van der Waals surface area (Å²) >= 11 is 9.89. The second-order valence-electron chi connectivity index (χ2n) is 5.53. The third-order valence-corrected chi connectivity index (χ3v) is 6.68. The maximum atomic E-state index is 6.39. The van der Waals surface area contributed by atoms with Crippen molar-refractivity contribution in [2.75, 3.05) is 33.2 Å². The molecule has 0 amide bonds. The van der Waals surface area contributed by atoms with E-state index in [2.05, 4.69) is 34.4 Å². The predicted molar refractivity (Wildman–Crippen MR) is 95.2 cm³/mol. The van der Waals surface area contributed by atoms with E-state index in [9.17, 15) is 0 Å². The molecule has 0 atom stereocenters. The molecule has 114 valence electrons. The van der Waals surface area contributed by atoms with Crippen molar-refractivity contribution in [3.8, 4) is 0 Å². The van der Waals surface area contributed by atoms with Gasteiger partial charge in [-0.3, -0.25) is 0 Å². The summed E-state index contributed by atoms with van der Waals surface area (Å²) in [4.78, 5) is 13.4. The van der Waals surface area contributed by atoms with E-state index in [1.165, 1.54) is 9.77 Å². The highest BCUT2D eigenvalue weighted by Crippen LogP contribution is 2.45. The van der Waals surface area contributed by atoms with Crippen LogP contribution in [0.3, 0.4) is 0 Å². The lowest BCUT2D eigenvalue weighted by atomic mass is 10.3. The van der Waals surface area contributed by atoms with Gasteiger partial charge in [-0.05, 0) is 30.6 Å². The number of amidine groups is 1. The summed E-state index contributed by atoms with van der Waals surface area (Å²) in [7, 11) is 2.17. The first kappa shape index (κ1) is 14.6. The first-order valence-corrected chi connectivity index (χ1v) is 9.36. The molecule has 0 unspecified atom stereocenters. The third kappa shape index (κ3) is 2.56. The van der Waals surface area contributed by atoms with Crippen LogP contribution in [-0.4, -0.2) is 48.9 Å². The van der Waals surface area contributed by atoms with E-state index in [1.807, 2.05) is 12.1 Å². The van der Waals surface area contributed by atoms with Gasteiger partial charge < -0.3 is 9.80 Å². The molecule has 2 aliphatic rings. The highest BCUT2D eigenvalue weighted by atomic mass is 35.5. The summed E-state index contributed by atoms with van der Waals surface area (Å²) in [6.07, 6.45) is 0. The molecule has 1 aromatic carbocycles. The second kappa shape index (κ2) is 5.89. The number of benzene rings is 1. The molecule has 0 N–H and O–H groups in total. The minimum atomic E-state index is 0.781. The molecule has 1 fully saturated rings. The number of rotatable bonds is 0. The van der Waals surface area contributed by atoms with E-state index in [1.54, 1.807) is 23.1 Å². The van der Waals surface area contributed by atoms with Gasteiger partial charge in [-0.25, -0.2) is 4.99 Å². The smallest absolute Gasteiger partial charge is 0.147 e. The minimum absolute atomic E-state index is 0.781. The molecule has 6 heteroatoms. The molecule has 0 bridgehead atoms. The predicted octanol–water partition coefficient (Wildman–Crippen LogP) is 4.19. The molecule has 0 saturated carbocycles. The Kier molecular flexibility index (Phi) is 3.90. The monoisotopic (exact) mass is 349 g/mol. The van der Waals surface area contributed by atoms with Crippen molar-refractivity contribution in [1.29, 1.82) is 0 Å². The number of fused-ring (bicyclic) bond motifs is 2. The van der Waals surface area contributed by atoms with Crippen LogP contribution in [0.2, 0.25) is 5.02 Å². The summed E-state index contributed by atoms with van der Waals surface area (Å²) in [5, 5.41) is 2.92. The van der Waals surface area contributed by atoms with Gasteiger partial charge in [-0.15, -0.1) is 11.3 Å². The topological polar surface area (TPSA) is 18.8 Å². The lowest BCUT2D eigenvalue weighted by Crippen LogP contribution is -2.47. The largest absolute Gasteiger partial charge is 0.353 e. The number of likely N-dealkylation sites (N-methyl/N-ethyl adjacent to an activating group) is 1. The Morgan fingerprint density at radius 3 is 2.77 bits per heavy atom. The summed E-state index contributed by atoms with van der Waals surface area (Å²) in [5.41, 5.74) is 0.981. The van der Waals surface area contributed by atoms with Crippen LogP contribution >= 0.6 is 34.7 Å². The van der Waals surface area contributed by atoms with Crippen molar-refractivity contribution < 1.29 is 0 Å². The standard InChI is InChI=1S/C16H16ClN3S2/c1-19-6-8-20(9-7-19)16-15-13(5-10-21-15)22-14-11(17)3-2-4-12(14)18-16/h2-5,10H,6-9H2,1H3. The second-order valence-corrected chi connectivity index (χ2v) is 7.91. The van der Waals surface area contributed by atoms with E-state index in [4.69, 9.17) is 16.6 Å². The van der Waals surface area contributed by atoms with Gasteiger partial charge in [0.1, 0.15) is 5.84 Å². The number of piperazine rings is 1. The van der Waals surface area contributed by atoms with Crippen LogP contribution in [0.25, 0.3) is 0 Å². The van der Waals surface area contributed by atoms with Gasteiger partial charge in [0.2, 0.25) is 0 Å². The van der Waals surface area contributed by atoms with Crippen LogP contribution < -0.4 is 0 Å². The molecule has 1 saturated heterocycles. The quantitative estimate of drug-likeness (QED) is 0.710. The van der Waals surface area contributed by atoms with Crippen molar-refractivity contribution in [2.45, 2.75) is 9.79 Å². The van der Waals surface area contributed by atoms with Gasteiger partial charge in [0.25, 0.3) is 0 Å². The maximum absolute atomic E-state index is 6.39. The SMILES string of the molecule is CN1CCN(C2=Nc3cccc(Cl)c3Sc3ccsc32)CC1. The summed E-state index contributed by atoms with van der Waals surface area (Å²) in [5.74, 6) is 1.10. The van der Waals surface area contributed by atoms with Gasteiger partial charge in [0.05, 0.1) is 20.5 Å². The van der Waals surface area contributed by atoms with Crippen molar-refractivity contribution in [2.24, 2.45) is 4.99 Å². The molecule has 0 aliphatic carbocycles. The molecule has 4 rings (SSSR count). The molecule has 22 heavy (non-hydrogen) atoms. The fraction of sp³-hybridized carbons (Fsp3) is 0.312. The molecule has 3 heterocycles. The van der Waals surface area contributed by atoms with Crippen molar-refractivity contribution >= 4 is 46.2 Å². The summed E-state index contributed by atoms with van der Waals surface area (Å²) in [6, 6.07) is 8.15. The Balaban J connectivity index is 1.81. The molecular weight excluding hydrogens is 334 g/mol. The van der Waals surface area contributed by atoms with Crippen molar-refractivity contribution in [1.82, 2.24) is 9.80 Å². The van der Waals surface area contributed by atoms with Crippen molar-refractivity contribution in [3.63, 3.8) is 0 Å². The molecule has 0 radical (unpaired) electrons. The lowest BCUT2D eigenvalue weighted by Gasteiger charge is -2.34. The number of aliphatic imine (C=N–C) groups is 1. The van der Waals surface area contributed by atoms with Crippen LogP contribution in [0, 0.1) is 0 Å². The van der Waals surface area contributed by atoms with Crippen LogP contribution in [0.5, 0.6) is 0 Å². The molecule has 0 spiro atoms.